The zero-order chi connectivity index (χ0) is 11.1. The molecule has 1 aliphatic carbocycles. The molecule has 0 fully saturated rings. The van der Waals surface area contributed by atoms with Crippen LogP contribution in [-0.4, -0.2) is 0 Å². The number of aryl methyl sites for hydroxylation is 1. The largest absolute Gasteiger partial charge is 0.148 e. The number of thiophene rings is 1. The summed E-state index contributed by atoms with van der Waals surface area (Å²) in [6, 6.07) is 2.35. The van der Waals surface area contributed by atoms with E-state index in [1.807, 2.05) is 11.3 Å². The van der Waals surface area contributed by atoms with Gasteiger partial charge in [0, 0.05) is 10.3 Å². The molecule has 84 valence electrons. The van der Waals surface area contributed by atoms with Gasteiger partial charge in [-0.25, -0.2) is 0 Å². The average Bonchev–Trinajstić information content (AvgIpc) is 2.63. The molecule has 0 unspecified atom stereocenters. The summed E-state index contributed by atoms with van der Waals surface area (Å²) < 4.78 is 0. The fourth-order valence-corrected chi connectivity index (χ4v) is 4.88. The Morgan fingerprint density at radius 2 is 1.87 bits per heavy atom. The fraction of sp³-hybridized carbons (Fsp3) is 0.714. The lowest BCUT2D eigenvalue weighted by atomic mass is 9.62. The zero-order valence-corrected chi connectivity index (χ0v) is 11.2. The first-order chi connectivity index (χ1) is 7.09. The molecular weight excluding hydrogens is 200 g/mol. The minimum atomic E-state index is 0.460. The second-order valence-corrected chi connectivity index (χ2v) is 6.39. The summed E-state index contributed by atoms with van der Waals surface area (Å²) in [7, 11) is 0. The molecule has 1 heterocycles. The Bertz CT molecular complexity index is 325. The van der Waals surface area contributed by atoms with Crippen LogP contribution in [0.1, 0.15) is 51.0 Å². The molecule has 1 aliphatic rings. The molecule has 0 aromatic carbocycles. The maximum Gasteiger partial charge on any atom is 0.0144 e. The standard InChI is InChI=1S/C14H22S/c1-10(2)14(11(3)4)8-5-6-12-7-9-15-13(12)14/h7,9-11H,5-6,8H2,1-4H3. The highest BCUT2D eigenvalue weighted by Crippen LogP contribution is 2.50. The van der Waals surface area contributed by atoms with E-state index in [9.17, 15) is 0 Å². The van der Waals surface area contributed by atoms with Crippen LogP contribution in [0.4, 0.5) is 0 Å². The first-order valence-corrected chi connectivity index (χ1v) is 7.04. The predicted octanol–water partition coefficient (Wildman–Crippen LogP) is 4.63. The van der Waals surface area contributed by atoms with Crippen LogP contribution < -0.4 is 0 Å². The van der Waals surface area contributed by atoms with Gasteiger partial charge < -0.3 is 0 Å². The zero-order valence-electron chi connectivity index (χ0n) is 10.3. The molecule has 0 amide bonds. The van der Waals surface area contributed by atoms with Crippen LogP contribution in [0.25, 0.3) is 0 Å². The van der Waals surface area contributed by atoms with Crippen LogP contribution in [-0.2, 0) is 11.8 Å². The third-order valence-corrected chi connectivity index (χ3v) is 5.42. The lowest BCUT2D eigenvalue weighted by Gasteiger charge is -2.44. The number of rotatable bonds is 2. The molecular formula is C14H22S. The van der Waals surface area contributed by atoms with E-state index in [1.54, 1.807) is 10.4 Å². The summed E-state index contributed by atoms with van der Waals surface area (Å²) in [5, 5.41) is 2.29. The molecule has 0 saturated carbocycles. The van der Waals surface area contributed by atoms with Gasteiger partial charge in [0.2, 0.25) is 0 Å². The van der Waals surface area contributed by atoms with Crippen LogP contribution in [0.15, 0.2) is 11.4 Å². The van der Waals surface area contributed by atoms with Crippen LogP contribution in [0, 0.1) is 11.8 Å². The Kier molecular flexibility index (Phi) is 2.94. The van der Waals surface area contributed by atoms with E-state index in [1.165, 1.54) is 19.3 Å². The van der Waals surface area contributed by atoms with Crippen molar-refractivity contribution in [3.8, 4) is 0 Å². The molecule has 1 aromatic heterocycles. The Morgan fingerprint density at radius 1 is 1.20 bits per heavy atom. The second-order valence-electron chi connectivity index (χ2n) is 5.48. The van der Waals surface area contributed by atoms with Crippen LogP contribution in [0.5, 0.6) is 0 Å². The van der Waals surface area contributed by atoms with E-state index >= 15 is 0 Å². The van der Waals surface area contributed by atoms with Gasteiger partial charge in [0.25, 0.3) is 0 Å². The topological polar surface area (TPSA) is 0 Å². The minimum Gasteiger partial charge on any atom is -0.148 e. The Hall–Kier alpha value is -0.300. The second kappa shape index (κ2) is 3.93. The van der Waals surface area contributed by atoms with Gasteiger partial charge >= 0.3 is 0 Å². The normalized spacial score (nSPS) is 19.6. The van der Waals surface area contributed by atoms with Gasteiger partial charge in [0.1, 0.15) is 0 Å². The minimum absolute atomic E-state index is 0.460. The third-order valence-electron chi connectivity index (χ3n) is 4.27. The molecule has 0 bridgehead atoms. The fourth-order valence-electron chi connectivity index (χ4n) is 3.39. The van der Waals surface area contributed by atoms with Crippen LogP contribution >= 0.6 is 11.3 Å². The first kappa shape index (κ1) is 11.2. The van der Waals surface area contributed by atoms with Crippen molar-refractivity contribution in [1.82, 2.24) is 0 Å². The van der Waals surface area contributed by atoms with Crippen molar-refractivity contribution >= 4 is 11.3 Å². The highest BCUT2D eigenvalue weighted by molar-refractivity contribution is 7.10. The quantitative estimate of drug-likeness (QED) is 0.684. The Labute approximate surface area is 97.7 Å². The highest BCUT2D eigenvalue weighted by Gasteiger charge is 2.42. The van der Waals surface area contributed by atoms with Gasteiger partial charge in [0.15, 0.2) is 0 Å². The van der Waals surface area contributed by atoms with Gasteiger partial charge in [0.05, 0.1) is 0 Å². The summed E-state index contributed by atoms with van der Waals surface area (Å²) in [5.41, 5.74) is 2.09. The molecule has 0 N–H and O–H groups in total. The third kappa shape index (κ3) is 1.56. The van der Waals surface area contributed by atoms with E-state index in [4.69, 9.17) is 0 Å². The Balaban J connectivity index is 2.52. The summed E-state index contributed by atoms with van der Waals surface area (Å²) >= 11 is 1.99. The van der Waals surface area contributed by atoms with Gasteiger partial charge in [-0.2, -0.15) is 0 Å². The van der Waals surface area contributed by atoms with Crippen LogP contribution in [0.3, 0.4) is 0 Å². The van der Waals surface area contributed by atoms with Crippen molar-refractivity contribution in [1.29, 1.82) is 0 Å². The Morgan fingerprint density at radius 3 is 2.47 bits per heavy atom. The smallest absolute Gasteiger partial charge is 0.0144 e. The number of hydrogen-bond acceptors (Lipinski definition) is 1. The summed E-state index contributed by atoms with van der Waals surface area (Å²) in [5.74, 6) is 1.52. The van der Waals surface area contributed by atoms with E-state index in [-0.39, 0.29) is 0 Å². The van der Waals surface area contributed by atoms with Gasteiger partial charge in [-0.3, -0.25) is 0 Å². The molecule has 0 aliphatic heterocycles. The van der Waals surface area contributed by atoms with E-state index < -0.39 is 0 Å². The summed E-state index contributed by atoms with van der Waals surface area (Å²) in [4.78, 5) is 1.69. The summed E-state index contributed by atoms with van der Waals surface area (Å²) in [6.07, 6.45) is 4.07. The van der Waals surface area contributed by atoms with E-state index in [0.717, 1.165) is 11.8 Å². The highest BCUT2D eigenvalue weighted by atomic mass is 32.1. The SMILES string of the molecule is CC(C)C1(C(C)C)CCCc2ccsc21. The molecule has 0 saturated heterocycles. The van der Waals surface area contributed by atoms with Crippen molar-refractivity contribution in [2.24, 2.45) is 11.8 Å². The van der Waals surface area contributed by atoms with Gasteiger partial charge in [-0.1, -0.05) is 27.7 Å². The molecule has 0 spiro atoms. The molecule has 2 rings (SSSR count). The van der Waals surface area contributed by atoms with E-state index in [2.05, 4.69) is 39.1 Å². The molecule has 1 heteroatoms. The van der Waals surface area contributed by atoms with Crippen molar-refractivity contribution in [3.63, 3.8) is 0 Å². The van der Waals surface area contributed by atoms with Gasteiger partial charge in [-0.05, 0) is 48.1 Å². The van der Waals surface area contributed by atoms with E-state index in [0.29, 0.717) is 5.41 Å². The maximum absolute atomic E-state index is 2.40. The molecule has 0 radical (unpaired) electrons. The number of hydrogen-bond donors (Lipinski definition) is 0. The number of fused-ring (bicyclic) bond motifs is 1. The maximum atomic E-state index is 2.40. The molecule has 0 atom stereocenters. The predicted molar refractivity (Wildman–Crippen MR) is 68.6 cm³/mol. The lowest BCUT2D eigenvalue weighted by Crippen LogP contribution is -2.40. The average molecular weight is 222 g/mol. The van der Waals surface area contributed by atoms with Gasteiger partial charge in [-0.15, -0.1) is 11.3 Å². The van der Waals surface area contributed by atoms with Crippen molar-refractivity contribution in [2.75, 3.05) is 0 Å². The first-order valence-electron chi connectivity index (χ1n) is 6.16. The van der Waals surface area contributed by atoms with Crippen LogP contribution in [0.2, 0.25) is 0 Å². The van der Waals surface area contributed by atoms with Crippen molar-refractivity contribution < 1.29 is 0 Å². The molecule has 0 nitrogen and oxygen atoms in total. The molecule has 1 aromatic rings. The van der Waals surface area contributed by atoms with Crippen molar-refractivity contribution in [2.45, 2.75) is 52.4 Å². The monoisotopic (exact) mass is 222 g/mol. The van der Waals surface area contributed by atoms with Crippen molar-refractivity contribution in [3.05, 3.63) is 21.9 Å². The molecule has 15 heavy (non-hydrogen) atoms. The summed E-state index contributed by atoms with van der Waals surface area (Å²) in [6.45, 7) is 9.59. The lowest BCUT2D eigenvalue weighted by molar-refractivity contribution is 0.191.